The van der Waals surface area contributed by atoms with E-state index in [0.717, 1.165) is 37.7 Å². The van der Waals surface area contributed by atoms with Crippen LogP contribution < -0.4 is 10.2 Å². The number of piperidine rings is 2. The molecule has 0 unspecified atom stereocenters. The molecule has 0 spiro atoms. The van der Waals surface area contributed by atoms with Crippen LogP contribution in [0.3, 0.4) is 0 Å². The standard InChI is InChI=1S/C22H28N6/c1-27-13-9-18(10-14-27)17-5-7-19(8-6-17)25-22-20(15-23)24-16-21(26-22)28-11-3-2-4-12-28/h5-8,16,18H,2-4,9-14H2,1H3,(H,25,26). The lowest BCUT2D eigenvalue weighted by Gasteiger charge is -2.29. The van der Waals surface area contributed by atoms with Crippen LogP contribution in [0.5, 0.6) is 0 Å². The zero-order valence-electron chi connectivity index (χ0n) is 16.6. The molecule has 1 N–H and O–H groups in total. The molecule has 1 aromatic carbocycles. The first-order valence-electron chi connectivity index (χ1n) is 10.3. The highest BCUT2D eigenvalue weighted by Gasteiger charge is 2.19. The van der Waals surface area contributed by atoms with Crippen molar-refractivity contribution in [1.29, 1.82) is 5.26 Å². The Morgan fingerprint density at radius 3 is 2.43 bits per heavy atom. The van der Waals surface area contributed by atoms with E-state index < -0.39 is 0 Å². The monoisotopic (exact) mass is 376 g/mol. The highest BCUT2D eigenvalue weighted by molar-refractivity contribution is 5.63. The van der Waals surface area contributed by atoms with Gasteiger partial charge in [-0.3, -0.25) is 0 Å². The summed E-state index contributed by atoms with van der Waals surface area (Å²) >= 11 is 0. The Hall–Kier alpha value is -2.65. The maximum atomic E-state index is 9.42. The van der Waals surface area contributed by atoms with Gasteiger partial charge in [-0.15, -0.1) is 0 Å². The number of hydrogen-bond acceptors (Lipinski definition) is 6. The van der Waals surface area contributed by atoms with E-state index in [4.69, 9.17) is 4.98 Å². The van der Waals surface area contributed by atoms with Crippen molar-refractivity contribution in [3.05, 3.63) is 41.7 Å². The first-order valence-corrected chi connectivity index (χ1v) is 10.3. The van der Waals surface area contributed by atoms with Crippen molar-refractivity contribution in [3.63, 3.8) is 0 Å². The van der Waals surface area contributed by atoms with Gasteiger partial charge in [0, 0.05) is 18.8 Å². The van der Waals surface area contributed by atoms with Gasteiger partial charge in [-0.25, -0.2) is 9.97 Å². The van der Waals surface area contributed by atoms with E-state index in [1.165, 1.54) is 37.7 Å². The smallest absolute Gasteiger partial charge is 0.183 e. The average molecular weight is 377 g/mol. The first-order chi connectivity index (χ1) is 13.7. The number of aromatic nitrogens is 2. The van der Waals surface area contributed by atoms with Crippen LogP contribution in [0.25, 0.3) is 0 Å². The number of anilines is 3. The van der Waals surface area contributed by atoms with Gasteiger partial charge in [0.1, 0.15) is 11.9 Å². The average Bonchev–Trinajstić information content (AvgIpc) is 2.75. The molecule has 28 heavy (non-hydrogen) atoms. The van der Waals surface area contributed by atoms with Crippen molar-refractivity contribution >= 4 is 17.3 Å². The minimum absolute atomic E-state index is 0.333. The second-order valence-corrected chi connectivity index (χ2v) is 7.91. The maximum absolute atomic E-state index is 9.42. The second kappa shape index (κ2) is 8.57. The number of hydrogen-bond donors (Lipinski definition) is 1. The van der Waals surface area contributed by atoms with E-state index in [9.17, 15) is 5.26 Å². The molecule has 0 saturated carbocycles. The van der Waals surface area contributed by atoms with Crippen LogP contribution in [0.4, 0.5) is 17.3 Å². The summed E-state index contributed by atoms with van der Waals surface area (Å²) < 4.78 is 0. The Balaban J connectivity index is 1.49. The van der Waals surface area contributed by atoms with Crippen molar-refractivity contribution in [1.82, 2.24) is 14.9 Å². The highest BCUT2D eigenvalue weighted by atomic mass is 15.2. The quantitative estimate of drug-likeness (QED) is 0.873. The van der Waals surface area contributed by atoms with Gasteiger partial charge in [-0.1, -0.05) is 12.1 Å². The summed E-state index contributed by atoms with van der Waals surface area (Å²) in [6.45, 7) is 4.33. The molecule has 2 aromatic rings. The van der Waals surface area contributed by atoms with Crippen LogP contribution >= 0.6 is 0 Å². The van der Waals surface area contributed by atoms with Gasteiger partial charge in [0.05, 0.1) is 6.20 Å². The molecule has 2 aliphatic rings. The van der Waals surface area contributed by atoms with Gasteiger partial charge in [-0.2, -0.15) is 5.26 Å². The molecule has 146 valence electrons. The molecule has 6 nitrogen and oxygen atoms in total. The van der Waals surface area contributed by atoms with Gasteiger partial charge in [0.2, 0.25) is 0 Å². The third kappa shape index (κ3) is 4.26. The molecule has 0 bridgehead atoms. The van der Waals surface area contributed by atoms with Gasteiger partial charge in [0.15, 0.2) is 11.5 Å². The molecule has 0 amide bonds. The Morgan fingerprint density at radius 1 is 1.04 bits per heavy atom. The molecule has 0 radical (unpaired) electrons. The molecule has 0 atom stereocenters. The van der Waals surface area contributed by atoms with Crippen LogP contribution in [-0.4, -0.2) is 48.1 Å². The van der Waals surface area contributed by atoms with E-state index >= 15 is 0 Å². The molecular formula is C22H28N6. The largest absolute Gasteiger partial charge is 0.355 e. The molecule has 4 rings (SSSR count). The summed E-state index contributed by atoms with van der Waals surface area (Å²) in [7, 11) is 2.19. The van der Waals surface area contributed by atoms with E-state index in [0.29, 0.717) is 17.4 Å². The lowest BCUT2D eigenvalue weighted by molar-refractivity contribution is 0.255. The van der Waals surface area contributed by atoms with Crippen LogP contribution in [0.15, 0.2) is 30.5 Å². The third-order valence-corrected chi connectivity index (χ3v) is 5.91. The lowest BCUT2D eigenvalue weighted by atomic mass is 9.89. The Labute approximate surface area is 167 Å². The Bertz CT molecular complexity index is 827. The molecular weight excluding hydrogens is 348 g/mol. The summed E-state index contributed by atoms with van der Waals surface area (Å²) in [6.07, 6.45) is 7.79. The fraction of sp³-hybridized carbons (Fsp3) is 0.500. The number of nitrogens with zero attached hydrogens (tertiary/aromatic N) is 5. The van der Waals surface area contributed by atoms with Gasteiger partial charge in [-0.05, 0) is 75.9 Å². The summed E-state index contributed by atoms with van der Waals surface area (Å²) in [5.41, 5.74) is 2.67. The number of nitrogens with one attached hydrogen (secondary N) is 1. The van der Waals surface area contributed by atoms with E-state index in [1.54, 1.807) is 6.20 Å². The summed E-state index contributed by atoms with van der Waals surface area (Å²) in [4.78, 5) is 13.7. The van der Waals surface area contributed by atoms with Crippen molar-refractivity contribution in [2.45, 2.75) is 38.0 Å². The topological polar surface area (TPSA) is 68.1 Å². The second-order valence-electron chi connectivity index (χ2n) is 7.91. The fourth-order valence-electron chi connectivity index (χ4n) is 4.14. The Morgan fingerprint density at radius 2 is 1.75 bits per heavy atom. The molecule has 2 fully saturated rings. The van der Waals surface area contributed by atoms with Crippen molar-refractivity contribution < 1.29 is 0 Å². The van der Waals surface area contributed by atoms with Crippen LogP contribution in [0.2, 0.25) is 0 Å². The molecule has 6 heteroatoms. The van der Waals surface area contributed by atoms with Crippen LogP contribution in [0, 0.1) is 11.3 Å². The van der Waals surface area contributed by atoms with Gasteiger partial charge in [0.25, 0.3) is 0 Å². The van der Waals surface area contributed by atoms with Crippen LogP contribution in [-0.2, 0) is 0 Å². The summed E-state index contributed by atoms with van der Waals surface area (Å²) in [5.74, 6) is 2.03. The van der Waals surface area contributed by atoms with Crippen molar-refractivity contribution in [2.24, 2.45) is 0 Å². The summed E-state index contributed by atoms with van der Waals surface area (Å²) in [5, 5.41) is 12.7. The predicted molar refractivity (Wildman–Crippen MR) is 112 cm³/mol. The molecule has 3 heterocycles. The maximum Gasteiger partial charge on any atom is 0.183 e. The third-order valence-electron chi connectivity index (χ3n) is 5.91. The number of likely N-dealkylation sites (tertiary alicyclic amines) is 1. The van der Waals surface area contributed by atoms with Crippen LogP contribution in [0.1, 0.15) is 49.3 Å². The van der Waals surface area contributed by atoms with Crippen molar-refractivity contribution in [2.75, 3.05) is 43.4 Å². The minimum Gasteiger partial charge on any atom is -0.355 e. The van der Waals surface area contributed by atoms with E-state index in [-0.39, 0.29) is 0 Å². The molecule has 2 aliphatic heterocycles. The normalized spacial score (nSPS) is 18.6. The van der Waals surface area contributed by atoms with E-state index in [2.05, 4.69) is 57.5 Å². The van der Waals surface area contributed by atoms with E-state index in [1.807, 2.05) is 0 Å². The SMILES string of the molecule is CN1CCC(c2ccc(Nc3nc(N4CCCCC4)cnc3C#N)cc2)CC1. The minimum atomic E-state index is 0.333. The molecule has 1 aromatic heterocycles. The molecule has 0 aliphatic carbocycles. The first kappa shape index (κ1) is 18.7. The zero-order valence-corrected chi connectivity index (χ0v) is 16.6. The lowest BCUT2D eigenvalue weighted by Crippen LogP contribution is -2.30. The molecule has 2 saturated heterocycles. The summed E-state index contributed by atoms with van der Waals surface area (Å²) in [6, 6.07) is 10.7. The van der Waals surface area contributed by atoms with Gasteiger partial charge >= 0.3 is 0 Å². The predicted octanol–water partition coefficient (Wildman–Crippen LogP) is 3.89. The Kier molecular flexibility index (Phi) is 5.73. The number of rotatable bonds is 4. The number of nitriles is 1. The highest BCUT2D eigenvalue weighted by Crippen LogP contribution is 2.29. The fourth-order valence-corrected chi connectivity index (χ4v) is 4.14. The van der Waals surface area contributed by atoms with Gasteiger partial charge < -0.3 is 15.1 Å². The number of benzene rings is 1. The van der Waals surface area contributed by atoms with Crippen molar-refractivity contribution in [3.8, 4) is 6.07 Å². The zero-order chi connectivity index (χ0) is 19.3.